The van der Waals surface area contributed by atoms with Crippen molar-refractivity contribution in [2.75, 3.05) is 6.54 Å². The highest BCUT2D eigenvalue weighted by molar-refractivity contribution is 5.93. The van der Waals surface area contributed by atoms with E-state index in [1.54, 1.807) is 20.8 Å². The van der Waals surface area contributed by atoms with Gasteiger partial charge in [0.05, 0.1) is 6.54 Å². The number of nitrogens with one attached hydrogen (secondary N) is 1. The van der Waals surface area contributed by atoms with Crippen LogP contribution in [0.25, 0.3) is 0 Å². The Morgan fingerprint density at radius 1 is 1.50 bits per heavy atom. The van der Waals surface area contributed by atoms with Crippen LogP contribution in [0.4, 0.5) is 4.79 Å². The molecule has 8 nitrogen and oxygen atoms in total. The van der Waals surface area contributed by atoms with Gasteiger partial charge in [0.1, 0.15) is 17.9 Å². The van der Waals surface area contributed by atoms with E-state index in [0.29, 0.717) is 0 Å². The van der Waals surface area contributed by atoms with Crippen LogP contribution in [0.3, 0.4) is 0 Å². The third-order valence-corrected chi connectivity index (χ3v) is 2.41. The second-order valence-electron chi connectivity index (χ2n) is 5.26. The molecule has 0 fully saturated rings. The molecule has 3 N–H and O–H groups in total. The Hall–Kier alpha value is -2.09. The molecule has 1 aliphatic heterocycles. The van der Waals surface area contributed by atoms with E-state index < -0.39 is 35.8 Å². The summed E-state index contributed by atoms with van der Waals surface area (Å²) in [5, 5.41) is 20.9. The van der Waals surface area contributed by atoms with Crippen LogP contribution in [-0.4, -0.2) is 57.5 Å². The number of hydrogen-bond donors (Lipinski definition) is 3. The number of aliphatic carboxylic acids is 1. The van der Waals surface area contributed by atoms with Gasteiger partial charge in [-0.2, -0.15) is 0 Å². The molecular weight excluding hydrogens is 268 g/mol. The lowest BCUT2D eigenvalue weighted by Crippen LogP contribution is -2.53. The molecule has 20 heavy (non-hydrogen) atoms. The summed E-state index contributed by atoms with van der Waals surface area (Å²) in [6.45, 7) is 4.63. The molecule has 0 bridgehead atoms. The van der Waals surface area contributed by atoms with E-state index in [-0.39, 0.29) is 6.54 Å². The van der Waals surface area contributed by atoms with Gasteiger partial charge in [0.2, 0.25) is 5.91 Å². The number of carbonyl (C=O) groups excluding carboxylic acids is 2. The number of amides is 2. The van der Waals surface area contributed by atoms with Crippen molar-refractivity contribution < 1.29 is 29.3 Å². The molecule has 1 heterocycles. The number of aliphatic hydroxyl groups excluding tert-OH is 1. The number of carboxylic acids is 1. The normalized spacial score (nSPS) is 19.9. The number of hydrogen-bond acceptors (Lipinski definition) is 5. The molecule has 0 aromatic carbocycles. The summed E-state index contributed by atoms with van der Waals surface area (Å²) in [4.78, 5) is 34.8. The van der Waals surface area contributed by atoms with Crippen molar-refractivity contribution in [1.82, 2.24) is 10.2 Å². The summed E-state index contributed by atoms with van der Waals surface area (Å²) in [5.74, 6) is -1.96. The predicted molar refractivity (Wildman–Crippen MR) is 67.7 cm³/mol. The van der Waals surface area contributed by atoms with E-state index in [1.165, 1.54) is 6.08 Å². The van der Waals surface area contributed by atoms with Crippen LogP contribution in [0.15, 0.2) is 12.2 Å². The van der Waals surface area contributed by atoms with Crippen molar-refractivity contribution in [3.05, 3.63) is 12.2 Å². The minimum atomic E-state index is -1.37. The number of rotatable bonds is 4. The summed E-state index contributed by atoms with van der Waals surface area (Å²) in [6, 6.07) is -1.37. The molecule has 0 aromatic heterocycles. The van der Waals surface area contributed by atoms with E-state index in [9.17, 15) is 19.5 Å². The van der Waals surface area contributed by atoms with Gasteiger partial charge in [-0.3, -0.25) is 9.69 Å². The van der Waals surface area contributed by atoms with Crippen molar-refractivity contribution in [2.24, 2.45) is 0 Å². The van der Waals surface area contributed by atoms with Gasteiger partial charge in [0.25, 0.3) is 0 Å². The Bertz CT molecular complexity index is 440. The zero-order valence-electron chi connectivity index (χ0n) is 11.5. The SMILES string of the molecule is CC(C)(C)OC(=O)NC[C@@H](C(=O)O)N1C(=O)C=CC1O. The lowest BCUT2D eigenvalue weighted by Gasteiger charge is -2.28. The molecule has 1 aliphatic rings. The fourth-order valence-corrected chi connectivity index (χ4v) is 1.61. The van der Waals surface area contributed by atoms with Gasteiger partial charge in [0.15, 0.2) is 0 Å². The van der Waals surface area contributed by atoms with Crippen LogP contribution in [0.2, 0.25) is 0 Å². The Morgan fingerprint density at radius 2 is 2.10 bits per heavy atom. The molecule has 8 heteroatoms. The average Bonchev–Trinajstić information content (AvgIpc) is 2.58. The van der Waals surface area contributed by atoms with Gasteiger partial charge in [-0.1, -0.05) is 0 Å². The van der Waals surface area contributed by atoms with Crippen LogP contribution in [0.1, 0.15) is 20.8 Å². The number of alkyl carbamates (subject to hydrolysis) is 1. The number of nitrogens with zero attached hydrogens (tertiary/aromatic N) is 1. The number of carbonyl (C=O) groups is 3. The van der Waals surface area contributed by atoms with E-state index in [4.69, 9.17) is 9.84 Å². The maximum absolute atomic E-state index is 11.5. The largest absolute Gasteiger partial charge is 0.480 e. The van der Waals surface area contributed by atoms with Crippen molar-refractivity contribution in [2.45, 2.75) is 38.6 Å². The first-order valence-electron chi connectivity index (χ1n) is 6.00. The van der Waals surface area contributed by atoms with E-state index in [2.05, 4.69) is 5.32 Å². The zero-order valence-corrected chi connectivity index (χ0v) is 11.5. The predicted octanol–water partition coefficient (Wildman–Crippen LogP) is -0.319. The molecule has 0 spiro atoms. The zero-order chi connectivity index (χ0) is 15.5. The highest BCUT2D eigenvalue weighted by Crippen LogP contribution is 2.13. The Kier molecular flexibility index (Phi) is 4.72. The van der Waals surface area contributed by atoms with Crippen molar-refractivity contribution in [3.8, 4) is 0 Å². The summed E-state index contributed by atoms with van der Waals surface area (Å²) in [6.07, 6.45) is 0.140. The van der Waals surface area contributed by atoms with Crippen LogP contribution in [0.5, 0.6) is 0 Å². The molecule has 0 radical (unpaired) electrons. The first-order chi connectivity index (χ1) is 9.11. The maximum Gasteiger partial charge on any atom is 0.407 e. The molecule has 1 unspecified atom stereocenters. The minimum absolute atomic E-state index is 0.366. The molecule has 112 valence electrons. The summed E-state index contributed by atoms with van der Waals surface area (Å²) in [7, 11) is 0. The molecule has 0 aromatic rings. The van der Waals surface area contributed by atoms with Gasteiger partial charge in [-0.25, -0.2) is 9.59 Å². The fourth-order valence-electron chi connectivity index (χ4n) is 1.61. The van der Waals surface area contributed by atoms with Crippen LogP contribution in [0, 0.1) is 0 Å². The van der Waals surface area contributed by atoms with Crippen LogP contribution in [-0.2, 0) is 14.3 Å². The summed E-state index contributed by atoms with van der Waals surface area (Å²) >= 11 is 0. The number of carboxylic acid groups (broad SMARTS) is 1. The molecule has 0 aliphatic carbocycles. The van der Waals surface area contributed by atoms with Crippen molar-refractivity contribution in [3.63, 3.8) is 0 Å². The third kappa shape index (κ3) is 4.23. The second kappa shape index (κ2) is 5.91. The van der Waals surface area contributed by atoms with Gasteiger partial charge in [-0.05, 0) is 26.8 Å². The Balaban J connectivity index is 2.64. The quantitative estimate of drug-likeness (QED) is 0.652. The average molecular weight is 286 g/mol. The van der Waals surface area contributed by atoms with E-state index in [0.717, 1.165) is 11.0 Å². The molecule has 2 atom stereocenters. The fraction of sp³-hybridized carbons (Fsp3) is 0.583. The molecular formula is C12H18N2O6. The van der Waals surface area contributed by atoms with Gasteiger partial charge >= 0.3 is 12.1 Å². The summed E-state index contributed by atoms with van der Waals surface area (Å²) < 4.78 is 4.96. The molecule has 1 rings (SSSR count). The van der Waals surface area contributed by atoms with Crippen molar-refractivity contribution in [1.29, 1.82) is 0 Å². The number of ether oxygens (including phenoxy) is 1. The number of aliphatic hydroxyl groups is 1. The lowest BCUT2D eigenvalue weighted by atomic mass is 10.2. The first-order valence-corrected chi connectivity index (χ1v) is 6.00. The smallest absolute Gasteiger partial charge is 0.407 e. The topological polar surface area (TPSA) is 116 Å². The third-order valence-electron chi connectivity index (χ3n) is 2.41. The van der Waals surface area contributed by atoms with Crippen molar-refractivity contribution >= 4 is 18.0 Å². The monoisotopic (exact) mass is 286 g/mol. The molecule has 0 saturated carbocycles. The van der Waals surface area contributed by atoms with Crippen LogP contribution >= 0.6 is 0 Å². The Morgan fingerprint density at radius 3 is 2.50 bits per heavy atom. The molecule has 2 amide bonds. The van der Waals surface area contributed by atoms with Gasteiger partial charge in [0, 0.05) is 6.08 Å². The van der Waals surface area contributed by atoms with Gasteiger partial charge < -0.3 is 20.3 Å². The standard InChI is InChI=1S/C12H18N2O6/c1-12(2,3)20-11(19)13-6-7(10(17)18)14-8(15)4-5-9(14)16/h4-5,7-8,15H,6H2,1-3H3,(H,13,19)(H,17,18)/t7-,8?/m0/s1. The summed E-state index contributed by atoms with van der Waals surface area (Å²) in [5.41, 5.74) is -0.715. The van der Waals surface area contributed by atoms with E-state index >= 15 is 0 Å². The maximum atomic E-state index is 11.5. The van der Waals surface area contributed by atoms with Gasteiger partial charge in [-0.15, -0.1) is 0 Å². The first kappa shape index (κ1) is 16.0. The minimum Gasteiger partial charge on any atom is -0.480 e. The van der Waals surface area contributed by atoms with E-state index in [1.807, 2.05) is 0 Å². The molecule has 0 saturated heterocycles. The Labute approximate surface area is 116 Å². The van der Waals surface area contributed by atoms with Crippen LogP contribution < -0.4 is 5.32 Å². The second-order valence-corrected chi connectivity index (χ2v) is 5.26. The lowest BCUT2D eigenvalue weighted by molar-refractivity contribution is -0.153. The highest BCUT2D eigenvalue weighted by atomic mass is 16.6. The highest BCUT2D eigenvalue weighted by Gasteiger charge is 2.36.